The minimum Gasteiger partial charge on any atom is -0.494 e. The van der Waals surface area contributed by atoms with Crippen molar-refractivity contribution in [2.75, 3.05) is 11.9 Å². The molecule has 0 heterocycles. The average Bonchev–Trinajstić information content (AvgIpc) is 2.60. The van der Waals surface area contributed by atoms with Gasteiger partial charge in [0.25, 0.3) is 5.69 Å². The summed E-state index contributed by atoms with van der Waals surface area (Å²) in [7, 11) is 0. The Kier molecular flexibility index (Phi) is 6.91. The molecule has 2 aromatic rings. The van der Waals surface area contributed by atoms with Crippen LogP contribution in [0.5, 0.6) is 5.75 Å². The van der Waals surface area contributed by atoms with E-state index in [1.165, 1.54) is 24.3 Å². The monoisotopic (exact) mass is 354 g/mol. The Bertz CT molecular complexity index is 800. The number of nitro groups is 1. The van der Waals surface area contributed by atoms with E-state index in [1.54, 1.807) is 24.3 Å². The van der Waals surface area contributed by atoms with Crippen LogP contribution < -0.4 is 10.1 Å². The van der Waals surface area contributed by atoms with E-state index in [0.717, 1.165) is 6.42 Å². The first-order valence-corrected chi connectivity index (χ1v) is 8.40. The largest absolute Gasteiger partial charge is 0.494 e. The second-order valence-electron chi connectivity index (χ2n) is 6.23. The summed E-state index contributed by atoms with van der Waals surface area (Å²) in [5.41, 5.74) is 1.19. The van der Waals surface area contributed by atoms with Gasteiger partial charge in [0.15, 0.2) is 0 Å². The third-order valence-electron chi connectivity index (χ3n) is 3.57. The Morgan fingerprint density at radius 3 is 2.73 bits per heavy atom. The van der Waals surface area contributed by atoms with Crippen molar-refractivity contribution in [2.24, 2.45) is 5.92 Å². The average molecular weight is 354 g/mol. The van der Waals surface area contributed by atoms with Crippen LogP contribution in [0.3, 0.4) is 0 Å². The fourth-order valence-electron chi connectivity index (χ4n) is 2.17. The molecule has 136 valence electrons. The zero-order chi connectivity index (χ0) is 18.9. The van der Waals surface area contributed by atoms with Crippen LogP contribution in [-0.2, 0) is 4.79 Å². The molecule has 2 rings (SSSR count). The molecule has 0 saturated carbocycles. The van der Waals surface area contributed by atoms with Gasteiger partial charge in [0.2, 0.25) is 5.91 Å². The molecule has 2 aromatic carbocycles. The Hall–Kier alpha value is -3.15. The fourth-order valence-corrected chi connectivity index (χ4v) is 2.17. The van der Waals surface area contributed by atoms with E-state index >= 15 is 0 Å². The zero-order valence-electron chi connectivity index (χ0n) is 14.8. The lowest BCUT2D eigenvalue weighted by molar-refractivity contribution is -0.384. The number of benzene rings is 2. The highest BCUT2D eigenvalue weighted by Crippen LogP contribution is 2.18. The van der Waals surface area contributed by atoms with Crippen molar-refractivity contribution in [3.05, 3.63) is 70.3 Å². The van der Waals surface area contributed by atoms with Crippen LogP contribution in [0.15, 0.2) is 54.6 Å². The molecular weight excluding hydrogens is 332 g/mol. The van der Waals surface area contributed by atoms with Crippen molar-refractivity contribution in [2.45, 2.75) is 20.3 Å². The van der Waals surface area contributed by atoms with Crippen molar-refractivity contribution in [3.8, 4) is 5.75 Å². The van der Waals surface area contributed by atoms with Crippen LogP contribution in [0.2, 0.25) is 0 Å². The van der Waals surface area contributed by atoms with Gasteiger partial charge in [-0.1, -0.05) is 32.0 Å². The van der Waals surface area contributed by atoms with Gasteiger partial charge in [0.1, 0.15) is 5.75 Å². The SMILES string of the molecule is CC(C)CCOc1cccc(NC(=O)/C=C/c2cccc([N+](=O)[O-])c2)c1. The molecule has 1 amide bonds. The second kappa shape index (κ2) is 9.36. The molecule has 0 bridgehead atoms. The van der Waals surface area contributed by atoms with Crippen molar-refractivity contribution in [3.63, 3.8) is 0 Å². The number of non-ortho nitro benzene ring substituents is 1. The van der Waals surface area contributed by atoms with Crippen molar-refractivity contribution < 1.29 is 14.5 Å². The van der Waals surface area contributed by atoms with Gasteiger partial charge in [0.05, 0.1) is 11.5 Å². The van der Waals surface area contributed by atoms with Gasteiger partial charge in [-0.2, -0.15) is 0 Å². The predicted octanol–water partition coefficient (Wildman–Crippen LogP) is 4.67. The van der Waals surface area contributed by atoms with E-state index in [1.807, 2.05) is 12.1 Å². The number of carbonyl (C=O) groups is 1. The maximum absolute atomic E-state index is 12.0. The summed E-state index contributed by atoms with van der Waals surface area (Å²) in [6.07, 6.45) is 3.83. The maximum atomic E-state index is 12.0. The zero-order valence-corrected chi connectivity index (χ0v) is 14.8. The van der Waals surface area contributed by atoms with Crippen LogP contribution in [0.1, 0.15) is 25.8 Å². The van der Waals surface area contributed by atoms with Crippen molar-refractivity contribution in [1.82, 2.24) is 0 Å². The van der Waals surface area contributed by atoms with Gasteiger partial charge in [-0.15, -0.1) is 0 Å². The number of anilines is 1. The van der Waals surface area contributed by atoms with Gasteiger partial charge in [-0.3, -0.25) is 14.9 Å². The van der Waals surface area contributed by atoms with Gasteiger partial charge < -0.3 is 10.1 Å². The number of nitrogens with zero attached hydrogens (tertiary/aromatic N) is 1. The highest BCUT2D eigenvalue weighted by Gasteiger charge is 2.05. The third kappa shape index (κ3) is 6.39. The Labute approximate surface area is 152 Å². The molecule has 0 aliphatic rings. The first-order valence-electron chi connectivity index (χ1n) is 8.40. The van der Waals surface area contributed by atoms with Crippen LogP contribution >= 0.6 is 0 Å². The first-order chi connectivity index (χ1) is 12.4. The highest BCUT2D eigenvalue weighted by molar-refractivity contribution is 6.02. The molecule has 0 saturated heterocycles. The lowest BCUT2D eigenvalue weighted by atomic mass is 10.1. The molecule has 0 aromatic heterocycles. The molecule has 6 heteroatoms. The molecule has 1 N–H and O–H groups in total. The number of nitro benzene ring substituents is 1. The van der Waals surface area contributed by atoms with E-state index in [2.05, 4.69) is 19.2 Å². The van der Waals surface area contributed by atoms with Crippen LogP contribution in [0, 0.1) is 16.0 Å². The number of rotatable bonds is 8. The molecule has 0 atom stereocenters. The summed E-state index contributed by atoms with van der Waals surface area (Å²) in [5.74, 6) is 0.943. The van der Waals surface area contributed by atoms with E-state index < -0.39 is 4.92 Å². The number of carbonyl (C=O) groups excluding carboxylic acids is 1. The minimum absolute atomic E-state index is 0.0150. The molecule has 0 fully saturated rings. The van der Waals surface area contributed by atoms with E-state index in [0.29, 0.717) is 29.5 Å². The molecular formula is C20H22N2O4. The van der Waals surface area contributed by atoms with Crippen molar-refractivity contribution >= 4 is 23.4 Å². The van der Waals surface area contributed by atoms with Gasteiger partial charge >= 0.3 is 0 Å². The van der Waals surface area contributed by atoms with E-state index in [9.17, 15) is 14.9 Å². The quantitative estimate of drug-likeness (QED) is 0.424. The number of hydrogen-bond donors (Lipinski definition) is 1. The minimum atomic E-state index is -0.470. The number of nitrogens with one attached hydrogen (secondary N) is 1. The predicted molar refractivity (Wildman–Crippen MR) is 102 cm³/mol. The summed E-state index contributed by atoms with van der Waals surface area (Å²) in [6, 6.07) is 13.3. The summed E-state index contributed by atoms with van der Waals surface area (Å²) in [4.78, 5) is 22.3. The molecule has 0 aliphatic carbocycles. The Morgan fingerprint density at radius 1 is 1.23 bits per heavy atom. The first kappa shape index (κ1) is 19.2. The third-order valence-corrected chi connectivity index (χ3v) is 3.57. The Balaban J connectivity index is 1.95. The molecule has 0 aliphatic heterocycles. The number of ether oxygens (including phenoxy) is 1. The van der Waals surface area contributed by atoms with Gasteiger partial charge in [-0.05, 0) is 36.1 Å². The van der Waals surface area contributed by atoms with Gasteiger partial charge in [0, 0.05) is 30.0 Å². The molecule has 6 nitrogen and oxygen atoms in total. The lowest BCUT2D eigenvalue weighted by Gasteiger charge is -2.09. The number of amides is 1. The van der Waals surface area contributed by atoms with E-state index in [4.69, 9.17) is 4.74 Å². The van der Waals surface area contributed by atoms with E-state index in [-0.39, 0.29) is 11.6 Å². The van der Waals surface area contributed by atoms with Gasteiger partial charge in [-0.25, -0.2) is 0 Å². The second-order valence-corrected chi connectivity index (χ2v) is 6.23. The number of hydrogen-bond acceptors (Lipinski definition) is 4. The standard InChI is InChI=1S/C20H22N2O4/c1-15(2)11-12-26-19-8-4-6-17(14-19)21-20(23)10-9-16-5-3-7-18(13-16)22(24)25/h3-10,13-15H,11-12H2,1-2H3,(H,21,23)/b10-9+. The fraction of sp³-hybridized carbons (Fsp3) is 0.250. The van der Waals surface area contributed by atoms with Crippen LogP contribution in [0.4, 0.5) is 11.4 Å². The topological polar surface area (TPSA) is 81.5 Å². The normalized spacial score (nSPS) is 10.9. The van der Waals surface area contributed by atoms with Crippen molar-refractivity contribution in [1.29, 1.82) is 0 Å². The van der Waals surface area contributed by atoms with Crippen LogP contribution in [-0.4, -0.2) is 17.4 Å². The maximum Gasteiger partial charge on any atom is 0.270 e. The smallest absolute Gasteiger partial charge is 0.270 e. The Morgan fingerprint density at radius 2 is 2.00 bits per heavy atom. The van der Waals surface area contributed by atoms with Crippen LogP contribution in [0.25, 0.3) is 6.08 Å². The highest BCUT2D eigenvalue weighted by atomic mass is 16.6. The summed E-state index contributed by atoms with van der Waals surface area (Å²) in [6.45, 7) is 4.89. The summed E-state index contributed by atoms with van der Waals surface area (Å²) < 4.78 is 5.67. The lowest BCUT2D eigenvalue weighted by Crippen LogP contribution is -2.08. The molecule has 0 unspecified atom stereocenters. The molecule has 0 radical (unpaired) electrons. The molecule has 0 spiro atoms. The summed E-state index contributed by atoms with van der Waals surface area (Å²) in [5, 5.41) is 13.5. The molecule has 26 heavy (non-hydrogen) atoms. The summed E-state index contributed by atoms with van der Waals surface area (Å²) >= 11 is 0.